The SMILES string of the molecule is N#CC=CNC(N)=O. The number of nitriles is 1. The molecule has 0 atom stereocenters. The van der Waals surface area contributed by atoms with E-state index in [9.17, 15) is 4.79 Å². The van der Waals surface area contributed by atoms with E-state index in [1.165, 1.54) is 6.20 Å². The fraction of sp³-hybridized carbons (Fsp3) is 0. The first-order valence-corrected chi connectivity index (χ1v) is 1.88. The second kappa shape index (κ2) is 3.68. The molecule has 0 saturated carbocycles. The summed E-state index contributed by atoms with van der Waals surface area (Å²) in [6.07, 6.45) is 2.28. The predicted octanol–water partition coefficient (Wildman–Crippen LogP) is -0.308. The zero-order valence-electron chi connectivity index (χ0n) is 4.09. The topological polar surface area (TPSA) is 78.9 Å². The number of hydrogen-bond acceptors (Lipinski definition) is 2. The van der Waals surface area contributed by atoms with Crippen LogP contribution in [0, 0.1) is 11.3 Å². The largest absolute Gasteiger partial charge is 0.351 e. The Hall–Kier alpha value is -1.50. The Morgan fingerprint density at radius 3 is 2.88 bits per heavy atom. The van der Waals surface area contributed by atoms with E-state index in [4.69, 9.17) is 5.26 Å². The zero-order chi connectivity index (χ0) is 6.41. The molecule has 0 heterocycles. The molecule has 3 N–H and O–H groups in total. The molecule has 0 bridgehead atoms. The standard InChI is InChI=1S/C4H5N3O/c5-2-1-3-7-4(6)8/h1,3H,(H3,6,7,8). The van der Waals surface area contributed by atoms with E-state index < -0.39 is 6.03 Å². The van der Waals surface area contributed by atoms with Gasteiger partial charge in [0.1, 0.15) is 0 Å². The maximum absolute atomic E-state index is 9.82. The number of nitrogens with one attached hydrogen (secondary N) is 1. The van der Waals surface area contributed by atoms with E-state index >= 15 is 0 Å². The molecule has 0 saturated heterocycles. The quantitative estimate of drug-likeness (QED) is 0.455. The smallest absolute Gasteiger partial charge is 0.316 e. The van der Waals surface area contributed by atoms with Gasteiger partial charge in [0.2, 0.25) is 0 Å². The van der Waals surface area contributed by atoms with Gasteiger partial charge in [-0.25, -0.2) is 4.79 Å². The van der Waals surface area contributed by atoms with Gasteiger partial charge in [-0.2, -0.15) is 5.26 Å². The summed E-state index contributed by atoms with van der Waals surface area (Å²) in [7, 11) is 0. The van der Waals surface area contributed by atoms with Crippen molar-refractivity contribution in [1.29, 1.82) is 5.26 Å². The Bertz CT molecular complexity index is 144. The fourth-order valence-corrected chi connectivity index (χ4v) is 0.161. The predicted molar refractivity (Wildman–Crippen MR) is 27.5 cm³/mol. The normalized spacial score (nSPS) is 8.38. The van der Waals surface area contributed by atoms with Crippen LogP contribution in [0.4, 0.5) is 4.79 Å². The molecule has 4 nitrogen and oxygen atoms in total. The van der Waals surface area contributed by atoms with Crippen molar-refractivity contribution in [2.75, 3.05) is 0 Å². The second-order valence-corrected chi connectivity index (χ2v) is 0.971. The van der Waals surface area contributed by atoms with Crippen LogP contribution in [0.3, 0.4) is 0 Å². The molecule has 0 aromatic heterocycles. The third-order valence-electron chi connectivity index (χ3n) is 0.383. The number of nitrogens with zero attached hydrogens (tertiary/aromatic N) is 1. The highest BCUT2D eigenvalue weighted by molar-refractivity contribution is 5.72. The average Bonchev–Trinajstić information content (AvgIpc) is 1.66. The lowest BCUT2D eigenvalue weighted by Gasteiger charge is -1.84. The van der Waals surface area contributed by atoms with Gasteiger partial charge >= 0.3 is 6.03 Å². The lowest BCUT2D eigenvalue weighted by molar-refractivity contribution is 0.252. The van der Waals surface area contributed by atoms with Crippen LogP contribution in [0.1, 0.15) is 0 Å². The highest BCUT2D eigenvalue weighted by Crippen LogP contribution is 1.60. The van der Waals surface area contributed by atoms with Crippen LogP contribution >= 0.6 is 0 Å². The van der Waals surface area contributed by atoms with Crippen LogP contribution in [0.2, 0.25) is 0 Å². The van der Waals surface area contributed by atoms with Gasteiger partial charge in [0.15, 0.2) is 0 Å². The Kier molecular flexibility index (Phi) is 2.99. The number of hydrogen-bond donors (Lipinski definition) is 2. The van der Waals surface area contributed by atoms with E-state index in [1.54, 1.807) is 6.07 Å². The zero-order valence-corrected chi connectivity index (χ0v) is 4.09. The average molecular weight is 111 g/mol. The molecule has 0 aromatic rings. The molecular formula is C4H5N3O. The fourth-order valence-electron chi connectivity index (χ4n) is 0.161. The van der Waals surface area contributed by atoms with Gasteiger partial charge in [-0.15, -0.1) is 0 Å². The van der Waals surface area contributed by atoms with Crippen molar-refractivity contribution in [3.8, 4) is 6.07 Å². The number of amides is 2. The number of rotatable bonds is 1. The van der Waals surface area contributed by atoms with Crippen molar-refractivity contribution in [1.82, 2.24) is 5.32 Å². The summed E-state index contributed by atoms with van der Waals surface area (Å²) in [5.74, 6) is 0. The number of nitrogens with two attached hydrogens (primary N) is 1. The third kappa shape index (κ3) is 4.50. The molecule has 0 radical (unpaired) electrons. The number of urea groups is 1. The second-order valence-electron chi connectivity index (χ2n) is 0.971. The van der Waals surface area contributed by atoms with Crippen molar-refractivity contribution >= 4 is 6.03 Å². The first-order valence-electron chi connectivity index (χ1n) is 1.88. The Morgan fingerprint density at radius 1 is 1.88 bits per heavy atom. The van der Waals surface area contributed by atoms with E-state index in [0.29, 0.717) is 0 Å². The summed E-state index contributed by atoms with van der Waals surface area (Å²) >= 11 is 0. The molecule has 8 heavy (non-hydrogen) atoms. The first-order chi connectivity index (χ1) is 3.77. The van der Waals surface area contributed by atoms with Gasteiger partial charge in [-0.05, 0) is 0 Å². The molecule has 0 unspecified atom stereocenters. The molecule has 0 aliphatic carbocycles. The molecule has 4 heteroatoms. The Balaban J connectivity index is 3.34. The highest BCUT2D eigenvalue weighted by atomic mass is 16.2. The van der Waals surface area contributed by atoms with E-state index in [-0.39, 0.29) is 0 Å². The highest BCUT2D eigenvalue weighted by Gasteiger charge is 1.78. The van der Waals surface area contributed by atoms with E-state index in [2.05, 4.69) is 11.1 Å². The Labute approximate surface area is 46.6 Å². The van der Waals surface area contributed by atoms with Crippen LogP contribution < -0.4 is 11.1 Å². The van der Waals surface area contributed by atoms with Crippen LogP contribution in [-0.4, -0.2) is 6.03 Å². The molecular weight excluding hydrogens is 106 g/mol. The van der Waals surface area contributed by atoms with Crippen LogP contribution in [0.15, 0.2) is 12.3 Å². The van der Waals surface area contributed by atoms with E-state index in [0.717, 1.165) is 6.08 Å². The van der Waals surface area contributed by atoms with E-state index in [1.807, 2.05) is 0 Å². The number of carbonyl (C=O) groups is 1. The lowest BCUT2D eigenvalue weighted by atomic mass is 10.7. The minimum Gasteiger partial charge on any atom is -0.351 e. The van der Waals surface area contributed by atoms with Crippen LogP contribution in [-0.2, 0) is 0 Å². The lowest BCUT2D eigenvalue weighted by Crippen LogP contribution is -2.23. The van der Waals surface area contributed by atoms with Gasteiger partial charge in [0.25, 0.3) is 0 Å². The third-order valence-corrected chi connectivity index (χ3v) is 0.383. The van der Waals surface area contributed by atoms with Gasteiger partial charge in [-0.1, -0.05) is 0 Å². The monoisotopic (exact) mass is 111 g/mol. The van der Waals surface area contributed by atoms with Crippen LogP contribution in [0.25, 0.3) is 0 Å². The minimum atomic E-state index is -0.670. The summed E-state index contributed by atoms with van der Waals surface area (Å²) < 4.78 is 0. The van der Waals surface area contributed by atoms with Gasteiger partial charge in [0, 0.05) is 12.3 Å². The summed E-state index contributed by atoms with van der Waals surface area (Å²) in [5.41, 5.74) is 4.62. The summed E-state index contributed by atoms with van der Waals surface area (Å²) in [5, 5.41) is 9.93. The molecule has 0 spiro atoms. The molecule has 0 rings (SSSR count). The molecule has 0 aromatic carbocycles. The summed E-state index contributed by atoms with van der Waals surface area (Å²) in [4.78, 5) is 9.82. The Morgan fingerprint density at radius 2 is 2.50 bits per heavy atom. The maximum Gasteiger partial charge on any atom is 0.316 e. The first kappa shape index (κ1) is 6.50. The van der Waals surface area contributed by atoms with Crippen molar-refractivity contribution in [3.63, 3.8) is 0 Å². The molecule has 0 aliphatic heterocycles. The molecule has 42 valence electrons. The van der Waals surface area contributed by atoms with Crippen molar-refractivity contribution in [2.24, 2.45) is 5.73 Å². The molecule has 0 aliphatic rings. The van der Waals surface area contributed by atoms with Gasteiger partial charge in [0.05, 0.1) is 6.07 Å². The number of allylic oxidation sites excluding steroid dienone is 1. The van der Waals surface area contributed by atoms with Crippen molar-refractivity contribution in [2.45, 2.75) is 0 Å². The van der Waals surface area contributed by atoms with Crippen LogP contribution in [0.5, 0.6) is 0 Å². The molecule has 0 fully saturated rings. The number of carbonyl (C=O) groups excluding carboxylic acids is 1. The molecule has 2 amide bonds. The minimum absolute atomic E-state index is 0.670. The maximum atomic E-state index is 9.82. The van der Waals surface area contributed by atoms with Gasteiger partial charge in [-0.3, -0.25) is 0 Å². The van der Waals surface area contributed by atoms with Crippen molar-refractivity contribution < 1.29 is 4.79 Å². The summed E-state index contributed by atoms with van der Waals surface area (Å²) in [6.45, 7) is 0. The summed E-state index contributed by atoms with van der Waals surface area (Å²) in [6, 6.07) is 1.00. The van der Waals surface area contributed by atoms with Crippen molar-refractivity contribution in [3.05, 3.63) is 12.3 Å². The number of primary amides is 1. The van der Waals surface area contributed by atoms with Gasteiger partial charge < -0.3 is 11.1 Å².